The number of hydrogen-bond donors (Lipinski definition) is 2. The first-order valence-electron chi connectivity index (χ1n) is 10.1. The fraction of sp³-hybridized carbons (Fsp3) is 0.0385. The van der Waals surface area contributed by atoms with Gasteiger partial charge in [0.15, 0.2) is 0 Å². The number of nitriles is 1. The highest BCUT2D eigenvalue weighted by Gasteiger charge is 2.14. The number of carbonyl (C=O) groups excluding carboxylic acids is 1. The van der Waals surface area contributed by atoms with Crippen molar-refractivity contribution in [3.63, 3.8) is 0 Å². The van der Waals surface area contributed by atoms with Crippen LogP contribution in [0.5, 0.6) is 0 Å². The molecule has 34 heavy (non-hydrogen) atoms. The Labute approximate surface area is 205 Å². The van der Waals surface area contributed by atoms with Crippen LogP contribution in [0.2, 0.25) is 10.0 Å². The highest BCUT2D eigenvalue weighted by atomic mass is 35.5. The minimum atomic E-state index is -1.11. The molecule has 8 heteroatoms. The highest BCUT2D eigenvalue weighted by Crippen LogP contribution is 2.27. The third-order valence-electron chi connectivity index (χ3n) is 5.19. The number of halogens is 2. The number of rotatable bonds is 6. The fourth-order valence-electron chi connectivity index (χ4n) is 3.59. The van der Waals surface area contributed by atoms with Crippen LogP contribution in [-0.4, -0.2) is 21.6 Å². The molecule has 0 aliphatic rings. The van der Waals surface area contributed by atoms with Crippen LogP contribution in [0.3, 0.4) is 0 Å². The summed E-state index contributed by atoms with van der Waals surface area (Å²) in [5.41, 5.74) is 2.77. The first kappa shape index (κ1) is 23.1. The number of carboxylic acid groups (broad SMARTS) is 1. The van der Waals surface area contributed by atoms with Crippen LogP contribution in [0.4, 0.5) is 5.69 Å². The van der Waals surface area contributed by atoms with E-state index < -0.39 is 11.9 Å². The number of nitrogens with zero attached hydrogens (tertiary/aromatic N) is 2. The summed E-state index contributed by atoms with van der Waals surface area (Å²) in [6, 6.07) is 20.8. The lowest BCUT2D eigenvalue weighted by molar-refractivity contribution is -0.112. The Bertz CT molecular complexity index is 1500. The summed E-state index contributed by atoms with van der Waals surface area (Å²) in [5, 5.41) is 23.2. The van der Waals surface area contributed by atoms with Crippen molar-refractivity contribution in [2.24, 2.45) is 0 Å². The number of carboxylic acids is 1. The number of para-hydroxylation sites is 1. The normalized spacial score (nSPS) is 11.3. The van der Waals surface area contributed by atoms with Gasteiger partial charge in [0.1, 0.15) is 11.6 Å². The first-order chi connectivity index (χ1) is 16.4. The lowest BCUT2D eigenvalue weighted by Gasteiger charge is -2.06. The van der Waals surface area contributed by atoms with Crippen LogP contribution in [0.15, 0.2) is 78.5 Å². The quantitative estimate of drug-likeness (QED) is 0.247. The van der Waals surface area contributed by atoms with Crippen molar-refractivity contribution in [1.29, 1.82) is 5.26 Å². The number of fused-ring (bicyclic) bond motifs is 1. The Balaban J connectivity index is 1.67. The number of anilines is 1. The molecule has 2 N–H and O–H groups in total. The zero-order valence-corrected chi connectivity index (χ0v) is 19.1. The standard InChI is InChI=1S/C26H17Cl2N3O3/c27-22-9-8-16(10-23(22)28)14-31-15-19(21-6-1-2-7-24(21)31)11-18(13-29)25(32)30-20-5-3-4-17(12-20)26(33)34/h1-12,15H,14H2,(H,30,32)(H,33,34)/b18-11-. The van der Waals surface area contributed by atoms with Crippen molar-refractivity contribution in [3.8, 4) is 6.07 Å². The molecule has 0 atom stereocenters. The van der Waals surface area contributed by atoms with Crippen LogP contribution in [-0.2, 0) is 11.3 Å². The van der Waals surface area contributed by atoms with Crippen LogP contribution in [0.25, 0.3) is 17.0 Å². The molecule has 3 aromatic carbocycles. The molecule has 0 unspecified atom stereocenters. The van der Waals surface area contributed by atoms with Gasteiger partial charge >= 0.3 is 5.97 Å². The maximum atomic E-state index is 12.7. The van der Waals surface area contributed by atoms with E-state index in [4.69, 9.17) is 28.3 Å². The van der Waals surface area contributed by atoms with Crippen LogP contribution in [0.1, 0.15) is 21.5 Å². The number of carbonyl (C=O) groups is 2. The van der Waals surface area contributed by atoms with Crippen LogP contribution in [0, 0.1) is 11.3 Å². The minimum Gasteiger partial charge on any atom is -0.478 e. The van der Waals surface area contributed by atoms with E-state index in [0.29, 0.717) is 22.2 Å². The van der Waals surface area contributed by atoms with Gasteiger partial charge in [-0.15, -0.1) is 0 Å². The molecule has 0 aliphatic heterocycles. The zero-order chi connectivity index (χ0) is 24.2. The second-order valence-corrected chi connectivity index (χ2v) is 8.30. The molecule has 168 valence electrons. The second-order valence-electron chi connectivity index (χ2n) is 7.49. The van der Waals surface area contributed by atoms with Gasteiger partial charge in [-0.2, -0.15) is 5.26 Å². The number of hydrogen-bond acceptors (Lipinski definition) is 3. The average Bonchev–Trinajstić information content (AvgIpc) is 3.17. The predicted octanol–water partition coefficient (Wildman–Crippen LogP) is 6.24. The van der Waals surface area contributed by atoms with Crippen molar-refractivity contribution < 1.29 is 14.7 Å². The van der Waals surface area contributed by atoms with Crippen LogP contribution < -0.4 is 5.32 Å². The molecule has 6 nitrogen and oxygen atoms in total. The molecule has 0 aliphatic carbocycles. The van der Waals surface area contributed by atoms with E-state index in [1.165, 1.54) is 24.3 Å². The van der Waals surface area contributed by atoms with E-state index in [2.05, 4.69) is 5.32 Å². The molecule has 0 radical (unpaired) electrons. The summed E-state index contributed by atoms with van der Waals surface area (Å²) in [4.78, 5) is 23.9. The maximum Gasteiger partial charge on any atom is 0.335 e. The second kappa shape index (κ2) is 9.84. The number of amides is 1. The third kappa shape index (κ3) is 4.96. The number of aromatic nitrogens is 1. The molecule has 4 aromatic rings. The molecule has 4 rings (SSSR count). The molecule has 0 bridgehead atoms. The van der Waals surface area contributed by atoms with Gasteiger partial charge in [0.05, 0.1) is 15.6 Å². The summed E-state index contributed by atoms with van der Waals surface area (Å²) < 4.78 is 2.00. The Morgan fingerprint density at radius 3 is 2.56 bits per heavy atom. The van der Waals surface area contributed by atoms with E-state index in [9.17, 15) is 14.9 Å². The molecule has 0 fully saturated rings. The molecule has 1 aromatic heterocycles. The van der Waals surface area contributed by atoms with Gasteiger partial charge in [0, 0.05) is 34.9 Å². The Hall–Kier alpha value is -4.05. The zero-order valence-electron chi connectivity index (χ0n) is 17.6. The number of benzene rings is 3. The molecule has 0 saturated carbocycles. The summed E-state index contributed by atoms with van der Waals surface area (Å²) in [5.74, 6) is -1.74. The van der Waals surface area contributed by atoms with Crippen molar-refractivity contribution in [1.82, 2.24) is 4.57 Å². The molecule has 0 spiro atoms. The van der Waals surface area contributed by atoms with E-state index in [1.54, 1.807) is 18.2 Å². The van der Waals surface area contributed by atoms with Gasteiger partial charge in [0.2, 0.25) is 0 Å². The number of nitrogens with one attached hydrogen (secondary N) is 1. The van der Waals surface area contributed by atoms with Crippen molar-refractivity contribution in [2.75, 3.05) is 5.32 Å². The van der Waals surface area contributed by atoms with Gasteiger partial charge in [-0.1, -0.05) is 53.5 Å². The van der Waals surface area contributed by atoms with Gasteiger partial charge in [-0.3, -0.25) is 4.79 Å². The number of aromatic carboxylic acids is 1. The van der Waals surface area contributed by atoms with E-state index >= 15 is 0 Å². The predicted molar refractivity (Wildman–Crippen MR) is 133 cm³/mol. The monoisotopic (exact) mass is 489 g/mol. The lowest BCUT2D eigenvalue weighted by Crippen LogP contribution is -2.13. The summed E-state index contributed by atoms with van der Waals surface area (Å²) in [6.45, 7) is 0.515. The minimum absolute atomic E-state index is 0.0330. The van der Waals surface area contributed by atoms with Crippen molar-refractivity contribution in [2.45, 2.75) is 6.54 Å². The molecule has 1 amide bonds. The molecular formula is C26H17Cl2N3O3. The topological polar surface area (TPSA) is 95.1 Å². The summed E-state index contributed by atoms with van der Waals surface area (Å²) in [6.07, 6.45) is 3.38. The highest BCUT2D eigenvalue weighted by molar-refractivity contribution is 6.42. The Morgan fingerprint density at radius 2 is 1.82 bits per heavy atom. The van der Waals surface area contributed by atoms with Gasteiger partial charge in [-0.25, -0.2) is 4.79 Å². The van der Waals surface area contributed by atoms with Crippen molar-refractivity contribution in [3.05, 3.63) is 105 Å². The molecule has 0 saturated heterocycles. The Kier molecular flexibility index (Phi) is 6.69. The SMILES string of the molecule is N#C/C(=C/c1cn(Cc2ccc(Cl)c(Cl)c2)c2ccccc12)C(=O)Nc1cccc(C(=O)O)c1. The summed E-state index contributed by atoms with van der Waals surface area (Å²) in [7, 11) is 0. The summed E-state index contributed by atoms with van der Waals surface area (Å²) >= 11 is 12.2. The average molecular weight is 490 g/mol. The van der Waals surface area contributed by atoms with Crippen molar-refractivity contribution >= 4 is 57.7 Å². The fourth-order valence-corrected chi connectivity index (χ4v) is 3.91. The van der Waals surface area contributed by atoms with Crippen LogP contribution >= 0.6 is 23.2 Å². The molecule has 1 heterocycles. The third-order valence-corrected chi connectivity index (χ3v) is 5.93. The van der Waals surface area contributed by atoms with Gasteiger partial charge in [0.25, 0.3) is 5.91 Å². The van der Waals surface area contributed by atoms with E-state index in [1.807, 2.05) is 47.2 Å². The van der Waals surface area contributed by atoms with E-state index in [0.717, 1.165) is 16.5 Å². The maximum absolute atomic E-state index is 12.7. The van der Waals surface area contributed by atoms with Gasteiger partial charge < -0.3 is 15.0 Å². The largest absolute Gasteiger partial charge is 0.478 e. The Morgan fingerprint density at radius 1 is 1.03 bits per heavy atom. The lowest BCUT2D eigenvalue weighted by atomic mass is 10.1. The van der Waals surface area contributed by atoms with E-state index in [-0.39, 0.29) is 16.8 Å². The van der Waals surface area contributed by atoms with Gasteiger partial charge in [-0.05, 0) is 48.0 Å². The smallest absolute Gasteiger partial charge is 0.335 e. The first-order valence-corrected chi connectivity index (χ1v) is 10.9. The molecular weight excluding hydrogens is 473 g/mol.